The first-order chi connectivity index (χ1) is 7.65. The maximum absolute atomic E-state index is 7.53. The van der Waals surface area contributed by atoms with Crippen molar-refractivity contribution in [3.8, 4) is 0 Å². The molecule has 84 valence electrons. The van der Waals surface area contributed by atoms with Crippen molar-refractivity contribution >= 4 is 21.0 Å². The van der Waals surface area contributed by atoms with E-state index in [1.165, 1.54) is 16.7 Å². The topological polar surface area (TPSA) is 23.9 Å². The number of hydrogen-bond donors (Lipinski definition) is 1. The fourth-order valence-electron chi connectivity index (χ4n) is 2.44. The standard InChI is InChI=1S/C14H18NP/c1-9-7-11(8-15)14(16)10(2)13-6-4-3-5-12(9)13/h3-8,10-11,14-15H,16H2,1-2H3. The molecule has 1 nitrogen and oxygen atoms in total. The predicted octanol–water partition coefficient (Wildman–Crippen LogP) is 3.72. The van der Waals surface area contributed by atoms with E-state index in [9.17, 15) is 0 Å². The Morgan fingerprint density at radius 3 is 2.69 bits per heavy atom. The summed E-state index contributed by atoms with van der Waals surface area (Å²) in [5, 5.41) is 7.53. The van der Waals surface area contributed by atoms with Crippen LogP contribution in [-0.2, 0) is 0 Å². The first kappa shape index (κ1) is 11.5. The van der Waals surface area contributed by atoms with Gasteiger partial charge in [0.1, 0.15) is 0 Å². The van der Waals surface area contributed by atoms with Gasteiger partial charge < -0.3 is 5.41 Å². The van der Waals surface area contributed by atoms with Gasteiger partial charge in [-0.3, -0.25) is 0 Å². The van der Waals surface area contributed by atoms with Gasteiger partial charge in [0.05, 0.1) is 0 Å². The van der Waals surface area contributed by atoms with Gasteiger partial charge in [-0.2, -0.15) is 0 Å². The van der Waals surface area contributed by atoms with Crippen molar-refractivity contribution in [1.29, 1.82) is 5.41 Å². The molecule has 0 saturated heterocycles. The Hall–Kier alpha value is -0.940. The molecule has 0 aromatic heterocycles. The Bertz CT molecular complexity index is 436. The smallest absolute Gasteiger partial charge is 0.0189 e. The quantitative estimate of drug-likeness (QED) is 0.562. The zero-order chi connectivity index (χ0) is 11.7. The monoisotopic (exact) mass is 231 g/mol. The average molecular weight is 231 g/mol. The molecule has 2 rings (SSSR count). The number of nitrogens with one attached hydrogen (secondary N) is 1. The molecule has 0 saturated carbocycles. The van der Waals surface area contributed by atoms with Gasteiger partial charge in [0, 0.05) is 12.1 Å². The second kappa shape index (κ2) is 4.51. The lowest BCUT2D eigenvalue weighted by Crippen LogP contribution is -2.18. The summed E-state index contributed by atoms with van der Waals surface area (Å²) in [6.07, 6.45) is 3.77. The Balaban J connectivity index is 2.57. The minimum absolute atomic E-state index is 0.229. The molecule has 0 amide bonds. The van der Waals surface area contributed by atoms with E-state index >= 15 is 0 Å². The SMILES string of the molecule is CC1=CC(C=N)C(P)C(C)c2ccccc21. The van der Waals surface area contributed by atoms with Gasteiger partial charge in [-0.1, -0.05) is 37.3 Å². The molecule has 0 spiro atoms. The lowest BCUT2D eigenvalue weighted by atomic mass is 9.90. The molecule has 1 aromatic carbocycles. The van der Waals surface area contributed by atoms with Crippen LogP contribution < -0.4 is 0 Å². The van der Waals surface area contributed by atoms with Crippen molar-refractivity contribution in [1.82, 2.24) is 0 Å². The van der Waals surface area contributed by atoms with Crippen molar-refractivity contribution in [2.45, 2.75) is 25.4 Å². The summed E-state index contributed by atoms with van der Waals surface area (Å²) in [5.41, 5.74) is 4.45. The summed E-state index contributed by atoms with van der Waals surface area (Å²) in [6, 6.07) is 8.58. The summed E-state index contributed by atoms with van der Waals surface area (Å²) >= 11 is 0. The van der Waals surface area contributed by atoms with Gasteiger partial charge in [0.2, 0.25) is 0 Å². The molecule has 16 heavy (non-hydrogen) atoms. The molecule has 4 atom stereocenters. The maximum Gasteiger partial charge on any atom is 0.0189 e. The lowest BCUT2D eigenvalue weighted by Gasteiger charge is -2.22. The van der Waals surface area contributed by atoms with Crippen LogP contribution >= 0.6 is 9.24 Å². The second-order valence-electron chi connectivity index (χ2n) is 4.55. The van der Waals surface area contributed by atoms with Crippen LogP contribution in [0.4, 0.5) is 0 Å². The number of benzene rings is 1. The zero-order valence-electron chi connectivity index (χ0n) is 9.77. The summed E-state index contributed by atoms with van der Waals surface area (Å²) < 4.78 is 0. The van der Waals surface area contributed by atoms with Gasteiger partial charge >= 0.3 is 0 Å². The van der Waals surface area contributed by atoms with E-state index in [0.717, 1.165) is 0 Å². The van der Waals surface area contributed by atoms with E-state index in [4.69, 9.17) is 5.41 Å². The van der Waals surface area contributed by atoms with Crippen molar-refractivity contribution in [2.24, 2.45) is 5.92 Å². The molecule has 1 aromatic rings. The second-order valence-corrected chi connectivity index (χ2v) is 5.32. The first-order valence-corrected chi connectivity index (χ1v) is 6.35. The van der Waals surface area contributed by atoms with Crippen LogP contribution in [0.15, 0.2) is 30.3 Å². The largest absolute Gasteiger partial charge is 0.312 e. The molecule has 0 aliphatic heterocycles. The fraction of sp³-hybridized carbons (Fsp3) is 0.357. The van der Waals surface area contributed by atoms with E-state index < -0.39 is 0 Å². The average Bonchev–Trinajstić information content (AvgIpc) is 2.41. The minimum atomic E-state index is 0.229. The Labute approximate surface area is 99.7 Å². The number of rotatable bonds is 1. The van der Waals surface area contributed by atoms with E-state index in [0.29, 0.717) is 11.6 Å². The molecule has 1 aliphatic carbocycles. The van der Waals surface area contributed by atoms with Gasteiger partial charge in [-0.05, 0) is 35.2 Å². The molecular formula is C14H18NP. The maximum atomic E-state index is 7.53. The number of allylic oxidation sites excluding steroid dienone is 2. The highest BCUT2D eigenvalue weighted by Gasteiger charge is 2.26. The summed E-state index contributed by atoms with van der Waals surface area (Å²) in [5.74, 6) is 0.703. The number of fused-ring (bicyclic) bond motifs is 1. The number of hydrogen-bond acceptors (Lipinski definition) is 1. The molecule has 1 N–H and O–H groups in total. The third-order valence-electron chi connectivity index (χ3n) is 3.53. The van der Waals surface area contributed by atoms with Gasteiger partial charge in [0.15, 0.2) is 0 Å². The molecule has 4 unspecified atom stereocenters. The van der Waals surface area contributed by atoms with Crippen LogP contribution in [0.25, 0.3) is 5.57 Å². The molecule has 0 bridgehead atoms. The van der Waals surface area contributed by atoms with Crippen LogP contribution in [0.2, 0.25) is 0 Å². The van der Waals surface area contributed by atoms with Crippen molar-refractivity contribution in [2.75, 3.05) is 0 Å². The zero-order valence-corrected chi connectivity index (χ0v) is 10.9. The molecule has 0 heterocycles. The summed E-state index contributed by atoms with van der Waals surface area (Å²) in [7, 11) is 2.90. The van der Waals surface area contributed by atoms with Crippen LogP contribution in [0.1, 0.15) is 30.9 Å². The van der Waals surface area contributed by atoms with Gasteiger partial charge in [-0.25, -0.2) is 0 Å². The van der Waals surface area contributed by atoms with Crippen LogP contribution in [-0.4, -0.2) is 11.9 Å². The van der Waals surface area contributed by atoms with Crippen molar-refractivity contribution < 1.29 is 0 Å². The highest BCUT2D eigenvalue weighted by molar-refractivity contribution is 7.17. The Morgan fingerprint density at radius 2 is 2.00 bits per heavy atom. The predicted molar refractivity (Wildman–Crippen MR) is 74.3 cm³/mol. The van der Waals surface area contributed by atoms with Crippen LogP contribution in [0, 0.1) is 11.3 Å². The minimum Gasteiger partial charge on any atom is -0.312 e. The van der Waals surface area contributed by atoms with Crippen molar-refractivity contribution in [3.63, 3.8) is 0 Å². The van der Waals surface area contributed by atoms with Gasteiger partial charge in [0.25, 0.3) is 0 Å². The third-order valence-corrected chi connectivity index (χ3v) is 4.55. The normalized spacial score (nSPS) is 28.9. The Kier molecular flexibility index (Phi) is 3.25. The fourth-order valence-corrected chi connectivity index (χ4v) is 2.87. The van der Waals surface area contributed by atoms with E-state index in [-0.39, 0.29) is 5.92 Å². The third kappa shape index (κ3) is 1.85. The van der Waals surface area contributed by atoms with E-state index in [2.05, 4.69) is 53.4 Å². The van der Waals surface area contributed by atoms with Crippen LogP contribution in [0.5, 0.6) is 0 Å². The Morgan fingerprint density at radius 1 is 1.31 bits per heavy atom. The molecular weight excluding hydrogens is 213 g/mol. The van der Waals surface area contributed by atoms with E-state index in [1.54, 1.807) is 6.21 Å². The summed E-state index contributed by atoms with van der Waals surface area (Å²) in [4.78, 5) is 0. The van der Waals surface area contributed by atoms with Crippen molar-refractivity contribution in [3.05, 3.63) is 41.5 Å². The molecule has 2 heteroatoms. The lowest BCUT2D eigenvalue weighted by molar-refractivity contribution is 0.660. The molecule has 0 fully saturated rings. The van der Waals surface area contributed by atoms with E-state index in [1.807, 2.05) is 0 Å². The molecule has 0 radical (unpaired) electrons. The highest BCUT2D eigenvalue weighted by Crippen LogP contribution is 2.38. The summed E-state index contributed by atoms with van der Waals surface area (Å²) in [6.45, 7) is 4.39. The highest BCUT2D eigenvalue weighted by atomic mass is 31.0. The first-order valence-electron chi connectivity index (χ1n) is 5.69. The van der Waals surface area contributed by atoms with Crippen LogP contribution in [0.3, 0.4) is 0 Å². The molecule has 1 aliphatic rings. The van der Waals surface area contributed by atoms with Gasteiger partial charge in [-0.15, -0.1) is 9.24 Å².